The molecular formula is C20H21N3O2. The standard InChI is InChI=1S/C20H21N3O2/c1-11-7-12(2)19-15(8-11)16-9-13(3)22-23(16)20(21-19)14-5-6-17(24)18(10-14)25-4/h5-10,20-21,24H,1-4H3/t20-/m0/s1. The third kappa shape index (κ3) is 2.43. The number of aromatic nitrogens is 2. The quantitative estimate of drug-likeness (QED) is 0.738. The molecule has 0 aliphatic carbocycles. The Morgan fingerprint density at radius 1 is 1.12 bits per heavy atom. The van der Waals surface area contributed by atoms with E-state index in [4.69, 9.17) is 9.84 Å². The highest BCUT2D eigenvalue weighted by Crippen LogP contribution is 2.42. The van der Waals surface area contributed by atoms with Gasteiger partial charge in [0.25, 0.3) is 0 Å². The Morgan fingerprint density at radius 3 is 2.68 bits per heavy atom. The van der Waals surface area contributed by atoms with Gasteiger partial charge in [0.15, 0.2) is 11.5 Å². The normalized spacial score (nSPS) is 15.3. The van der Waals surface area contributed by atoms with Crippen molar-refractivity contribution < 1.29 is 9.84 Å². The number of anilines is 1. The first kappa shape index (κ1) is 15.6. The van der Waals surface area contributed by atoms with Crippen molar-refractivity contribution in [2.75, 3.05) is 12.4 Å². The summed E-state index contributed by atoms with van der Waals surface area (Å²) < 4.78 is 7.27. The molecule has 1 atom stereocenters. The summed E-state index contributed by atoms with van der Waals surface area (Å²) in [7, 11) is 1.55. The first-order valence-electron chi connectivity index (χ1n) is 8.29. The maximum atomic E-state index is 9.90. The summed E-state index contributed by atoms with van der Waals surface area (Å²) in [5.74, 6) is 0.585. The van der Waals surface area contributed by atoms with E-state index in [1.165, 1.54) is 16.7 Å². The van der Waals surface area contributed by atoms with Crippen molar-refractivity contribution in [3.05, 3.63) is 58.8 Å². The summed E-state index contributed by atoms with van der Waals surface area (Å²) in [6.07, 6.45) is -0.160. The van der Waals surface area contributed by atoms with Gasteiger partial charge in [-0.05, 0) is 50.6 Å². The number of phenols is 1. The van der Waals surface area contributed by atoms with Crippen LogP contribution in [-0.4, -0.2) is 22.0 Å². The molecule has 25 heavy (non-hydrogen) atoms. The first-order valence-corrected chi connectivity index (χ1v) is 8.29. The van der Waals surface area contributed by atoms with E-state index in [-0.39, 0.29) is 11.9 Å². The zero-order valence-electron chi connectivity index (χ0n) is 14.8. The molecule has 0 saturated heterocycles. The second-order valence-corrected chi connectivity index (χ2v) is 6.60. The molecule has 128 valence electrons. The summed E-state index contributed by atoms with van der Waals surface area (Å²) in [6, 6.07) is 11.9. The number of ether oxygens (including phenoxy) is 1. The second kappa shape index (κ2) is 5.55. The van der Waals surface area contributed by atoms with Crippen LogP contribution in [0.1, 0.15) is 28.6 Å². The van der Waals surface area contributed by atoms with Gasteiger partial charge in [-0.1, -0.05) is 17.7 Å². The molecule has 1 aliphatic heterocycles. The Labute approximate surface area is 146 Å². The van der Waals surface area contributed by atoms with Crippen molar-refractivity contribution in [3.63, 3.8) is 0 Å². The molecule has 3 aromatic rings. The van der Waals surface area contributed by atoms with Crippen LogP contribution in [0.25, 0.3) is 11.3 Å². The SMILES string of the molecule is COc1cc([C@H]2Nc3c(C)cc(C)cc3-c3cc(C)nn32)ccc1O. The molecule has 5 heteroatoms. The number of nitrogens with one attached hydrogen (secondary N) is 1. The van der Waals surface area contributed by atoms with Crippen LogP contribution in [0.5, 0.6) is 11.5 Å². The van der Waals surface area contributed by atoms with Crippen molar-refractivity contribution in [1.29, 1.82) is 0 Å². The molecule has 0 amide bonds. The summed E-state index contributed by atoms with van der Waals surface area (Å²) in [5.41, 5.74) is 7.76. The lowest BCUT2D eigenvalue weighted by molar-refractivity contribution is 0.372. The first-order chi connectivity index (χ1) is 12.0. The van der Waals surface area contributed by atoms with E-state index in [0.717, 1.165) is 22.6 Å². The molecule has 0 spiro atoms. The summed E-state index contributed by atoms with van der Waals surface area (Å²) in [4.78, 5) is 0. The Balaban J connectivity index is 1.91. The highest BCUT2D eigenvalue weighted by molar-refractivity contribution is 5.82. The van der Waals surface area contributed by atoms with E-state index < -0.39 is 0 Å². The Kier molecular flexibility index (Phi) is 3.46. The summed E-state index contributed by atoms with van der Waals surface area (Å²) >= 11 is 0. The minimum atomic E-state index is -0.160. The lowest BCUT2D eigenvalue weighted by atomic mass is 9.98. The van der Waals surface area contributed by atoms with Gasteiger partial charge in [-0.15, -0.1) is 0 Å². The van der Waals surface area contributed by atoms with Crippen LogP contribution in [-0.2, 0) is 0 Å². The fraction of sp³-hybridized carbons (Fsp3) is 0.250. The van der Waals surface area contributed by atoms with Gasteiger partial charge in [-0.3, -0.25) is 0 Å². The number of fused-ring (bicyclic) bond motifs is 3. The molecule has 5 nitrogen and oxygen atoms in total. The van der Waals surface area contributed by atoms with Gasteiger partial charge >= 0.3 is 0 Å². The second-order valence-electron chi connectivity index (χ2n) is 6.60. The fourth-order valence-corrected chi connectivity index (χ4v) is 3.56. The summed E-state index contributed by atoms with van der Waals surface area (Å²) in [6.45, 7) is 6.23. The van der Waals surface area contributed by atoms with E-state index in [2.05, 4.69) is 37.4 Å². The average molecular weight is 335 g/mol. The van der Waals surface area contributed by atoms with Crippen LogP contribution in [0.4, 0.5) is 5.69 Å². The third-order valence-electron chi connectivity index (χ3n) is 4.66. The zero-order valence-corrected chi connectivity index (χ0v) is 14.8. The van der Waals surface area contributed by atoms with Crippen LogP contribution in [0, 0.1) is 20.8 Å². The minimum absolute atomic E-state index is 0.131. The van der Waals surface area contributed by atoms with Crippen LogP contribution in [0.3, 0.4) is 0 Å². The number of nitrogens with zero attached hydrogens (tertiary/aromatic N) is 2. The zero-order chi connectivity index (χ0) is 17.7. The van der Waals surface area contributed by atoms with Gasteiger partial charge in [0, 0.05) is 16.8 Å². The lowest BCUT2D eigenvalue weighted by Gasteiger charge is -2.31. The van der Waals surface area contributed by atoms with Crippen LogP contribution < -0.4 is 10.1 Å². The molecule has 0 unspecified atom stereocenters. The van der Waals surface area contributed by atoms with Crippen molar-refractivity contribution in [1.82, 2.24) is 9.78 Å². The van der Waals surface area contributed by atoms with Gasteiger partial charge in [-0.25, -0.2) is 4.68 Å². The molecule has 0 fully saturated rings. The van der Waals surface area contributed by atoms with Crippen molar-refractivity contribution in [2.24, 2.45) is 0 Å². The largest absolute Gasteiger partial charge is 0.504 e. The third-order valence-corrected chi connectivity index (χ3v) is 4.66. The number of hydrogen-bond donors (Lipinski definition) is 2. The molecule has 1 aliphatic rings. The fourth-order valence-electron chi connectivity index (χ4n) is 3.56. The molecule has 0 bridgehead atoms. The molecule has 0 radical (unpaired) electrons. The van der Waals surface area contributed by atoms with Crippen LogP contribution in [0.15, 0.2) is 36.4 Å². The van der Waals surface area contributed by atoms with Gasteiger partial charge in [0.1, 0.15) is 6.17 Å². The van der Waals surface area contributed by atoms with E-state index in [9.17, 15) is 5.11 Å². The van der Waals surface area contributed by atoms with E-state index in [1.807, 2.05) is 23.7 Å². The number of rotatable bonds is 2. The average Bonchev–Trinajstić information content (AvgIpc) is 2.97. The Bertz CT molecular complexity index is 975. The molecule has 2 N–H and O–H groups in total. The maximum Gasteiger partial charge on any atom is 0.160 e. The Hall–Kier alpha value is -2.95. The van der Waals surface area contributed by atoms with Crippen molar-refractivity contribution in [2.45, 2.75) is 26.9 Å². The highest BCUT2D eigenvalue weighted by atomic mass is 16.5. The Morgan fingerprint density at radius 2 is 1.92 bits per heavy atom. The predicted molar refractivity (Wildman–Crippen MR) is 98.3 cm³/mol. The lowest BCUT2D eigenvalue weighted by Crippen LogP contribution is -2.26. The topological polar surface area (TPSA) is 59.3 Å². The predicted octanol–water partition coefficient (Wildman–Crippen LogP) is 4.16. The van der Waals surface area contributed by atoms with Gasteiger partial charge in [0.05, 0.1) is 18.5 Å². The minimum Gasteiger partial charge on any atom is -0.504 e. The number of methoxy groups -OCH3 is 1. The number of hydrogen-bond acceptors (Lipinski definition) is 4. The smallest absolute Gasteiger partial charge is 0.160 e. The van der Waals surface area contributed by atoms with Gasteiger partial charge < -0.3 is 15.2 Å². The van der Waals surface area contributed by atoms with Crippen LogP contribution in [0.2, 0.25) is 0 Å². The molecule has 0 saturated carbocycles. The summed E-state index contributed by atoms with van der Waals surface area (Å²) in [5, 5.41) is 18.2. The number of benzene rings is 2. The number of aryl methyl sites for hydroxylation is 3. The molecule has 4 rings (SSSR count). The highest BCUT2D eigenvalue weighted by Gasteiger charge is 2.28. The van der Waals surface area contributed by atoms with Crippen molar-refractivity contribution >= 4 is 5.69 Å². The molecule has 2 aromatic carbocycles. The van der Waals surface area contributed by atoms with E-state index >= 15 is 0 Å². The van der Waals surface area contributed by atoms with Gasteiger partial charge in [0.2, 0.25) is 0 Å². The van der Waals surface area contributed by atoms with Gasteiger partial charge in [-0.2, -0.15) is 5.10 Å². The van der Waals surface area contributed by atoms with Crippen molar-refractivity contribution in [3.8, 4) is 22.8 Å². The van der Waals surface area contributed by atoms with E-state index in [1.54, 1.807) is 13.2 Å². The number of phenolic OH excluding ortho intramolecular Hbond substituents is 1. The van der Waals surface area contributed by atoms with E-state index in [0.29, 0.717) is 5.75 Å². The van der Waals surface area contributed by atoms with Crippen LogP contribution >= 0.6 is 0 Å². The molecular weight excluding hydrogens is 314 g/mol. The number of aromatic hydroxyl groups is 1. The monoisotopic (exact) mass is 335 g/mol. The molecule has 2 heterocycles. The molecule has 1 aromatic heterocycles. The maximum absolute atomic E-state index is 9.90.